The molecule has 28 heavy (non-hydrogen) atoms. The molecular weight excluding hydrogens is 386 g/mol. The molecule has 0 atom stereocenters. The van der Waals surface area contributed by atoms with Crippen molar-refractivity contribution in [3.05, 3.63) is 57.0 Å². The Labute approximate surface area is 165 Å². The maximum atomic E-state index is 12.4. The first kappa shape index (κ1) is 21.0. The molecule has 0 aliphatic rings. The predicted molar refractivity (Wildman–Crippen MR) is 104 cm³/mol. The average Bonchev–Trinajstić information content (AvgIpc) is 3.18. The van der Waals surface area contributed by atoms with Gasteiger partial charge in [0.05, 0.1) is 4.92 Å². The summed E-state index contributed by atoms with van der Waals surface area (Å²) in [6, 6.07) is 8.92. The number of hydrogen-bond acceptors (Lipinski definition) is 7. The van der Waals surface area contributed by atoms with Crippen molar-refractivity contribution in [1.82, 2.24) is 4.90 Å². The van der Waals surface area contributed by atoms with Gasteiger partial charge in [0, 0.05) is 30.4 Å². The van der Waals surface area contributed by atoms with E-state index in [0.717, 1.165) is 0 Å². The van der Waals surface area contributed by atoms with Crippen LogP contribution in [0.1, 0.15) is 33.9 Å². The number of amides is 2. The minimum Gasteiger partial charge on any atom is -0.451 e. The van der Waals surface area contributed by atoms with Crippen molar-refractivity contribution in [2.45, 2.75) is 13.8 Å². The topological polar surface area (TPSA) is 119 Å². The molecule has 0 fully saturated rings. The fraction of sp³-hybridized carbons (Fsp3) is 0.278. The number of esters is 1. The molecule has 148 valence electrons. The molecule has 2 amide bonds. The molecule has 0 saturated carbocycles. The maximum absolute atomic E-state index is 12.4. The molecule has 0 radical (unpaired) electrons. The van der Waals surface area contributed by atoms with E-state index in [1.807, 2.05) is 13.8 Å². The minimum absolute atomic E-state index is 0.0336. The fourth-order valence-corrected chi connectivity index (χ4v) is 3.07. The van der Waals surface area contributed by atoms with Gasteiger partial charge in [0.1, 0.15) is 4.88 Å². The molecule has 1 aromatic heterocycles. The van der Waals surface area contributed by atoms with E-state index in [2.05, 4.69) is 5.32 Å². The van der Waals surface area contributed by atoms with E-state index >= 15 is 0 Å². The third kappa shape index (κ3) is 5.36. The molecule has 1 N–H and O–H groups in total. The van der Waals surface area contributed by atoms with Crippen molar-refractivity contribution >= 4 is 39.8 Å². The lowest BCUT2D eigenvalue weighted by Gasteiger charge is -2.19. The lowest BCUT2D eigenvalue weighted by atomic mass is 10.1. The zero-order valence-electron chi connectivity index (χ0n) is 15.3. The minimum atomic E-state index is -0.821. The Morgan fingerprint density at radius 2 is 1.89 bits per heavy atom. The van der Waals surface area contributed by atoms with E-state index in [1.165, 1.54) is 12.1 Å². The molecule has 2 rings (SSSR count). The monoisotopic (exact) mass is 405 g/mol. The van der Waals surface area contributed by atoms with Gasteiger partial charge in [-0.1, -0.05) is 17.4 Å². The van der Waals surface area contributed by atoms with E-state index < -0.39 is 23.4 Å². The SMILES string of the molecule is CCN(CC)C(=O)c1cccc(NC(=O)COC(=O)c2ccc([N+](=O)[O-])s2)c1. The fourth-order valence-electron chi connectivity index (χ4n) is 2.36. The lowest BCUT2D eigenvalue weighted by molar-refractivity contribution is -0.380. The number of hydrogen-bond donors (Lipinski definition) is 1. The third-order valence-electron chi connectivity index (χ3n) is 3.75. The highest BCUT2D eigenvalue weighted by Gasteiger charge is 2.18. The normalized spacial score (nSPS) is 10.2. The summed E-state index contributed by atoms with van der Waals surface area (Å²) in [5, 5.41) is 13.0. The Kier molecular flexibility index (Phi) is 7.21. The first-order valence-corrected chi connectivity index (χ1v) is 9.27. The summed E-state index contributed by atoms with van der Waals surface area (Å²) in [6.45, 7) is 4.34. The number of ether oxygens (including phenoxy) is 1. The number of nitrogens with zero attached hydrogens (tertiary/aromatic N) is 2. The van der Waals surface area contributed by atoms with Crippen LogP contribution in [0.4, 0.5) is 10.7 Å². The number of nitro groups is 1. The summed E-state index contributed by atoms with van der Waals surface area (Å²) < 4.78 is 4.87. The van der Waals surface area contributed by atoms with Crippen molar-refractivity contribution in [1.29, 1.82) is 0 Å². The van der Waals surface area contributed by atoms with Crippen molar-refractivity contribution in [2.24, 2.45) is 0 Å². The quantitative estimate of drug-likeness (QED) is 0.410. The van der Waals surface area contributed by atoms with Crippen LogP contribution in [0.5, 0.6) is 0 Å². The number of anilines is 1. The summed E-state index contributed by atoms with van der Waals surface area (Å²) in [7, 11) is 0. The number of carbonyl (C=O) groups is 3. The Bertz CT molecular complexity index is 891. The van der Waals surface area contributed by atoms with Crippen molar-refractivity contribution < 1.29 is 24.0 Å². The van der Waals surface area contributed by atoms with Gasteiger partial charge in [0.15, 0.2) is 6.61 Å². The molecule has 9 nitrogen and oxygen atoms in total. The highest BCUT2D eigenvalue weighted by Crippen LogP contribution is 2.24. The highest BCUT2D eigenvalue weighted by atomic mass is 32.1. The van der Waals surface area contributed by atoms with Crippen LogP contribution in [0.2, 0.25) is 0 Å². The van der Waals surface area contributed by atoms with Crippen LogP contribution in [0.15, 0.2) is 36.4 Å². The third-order valence-corrected chi connectivity index (χ3v) is 4.77. The van der Waals surface area contributed by atoms with Gasteiger partial charge in [-0.2, -0.15) is 0 Å². The van der Waals surface area contributed by atoms with Crippen molar-refractivity contribution in [2.75, 3.05) is 25.0 Å². The number of nitrogens with one attached hydrogen (secondary N) is 1. The molecule has 1 heterocycles. The summed E-state index contributed by atoms with van der Waals surface area (Å²) in [6.07, 6.45) is 0. The Hall–Kier alpha value is -3.27. The van der Waals surface area contributed by atoms with Crippen LogP contribution in [-0.4, -0.2) is 47.3 Å². The van der Waals surface area contributed by atoms with E-state index in [9.17, 15) is 24.5 Å². The molecule has 10 heteroatoms. The summed E-state index contributed by atoms with van der Waals surface area (Å²) >= 11 is 0.669. The van der Waals surface area contributed by atoms with Crippen LogP contribution < -0.4 is 5.32 Å². The van der Waals surface area contributed by atoms with E-state index in [-0.39, 0.29) is 15.8 Å². The van der Waals surface area contributed by atoms with Gasteiger partial charge in [-0.15, -0.1) is 0 Å². The van der Waals surface area contributed by atoms with Gasteiger partial charge in [-0.25, -0.2) is 4.79 Å². The Balaban J connectivity index is 1.94. The van der Waals surface area contributed by atoms with E-state index in [4.69, 9.17) is 4.74 Å². The second-order valence-electron chi connectivity index (χ2n) is 5.58. The molecule has 0 spiro atoms. The molecule has 0 aliphatic heterocycles. The number of thiophene rings is 1. The van der Waals surface area contributed by atoms with E-state index in [1.54, 1.807) is 29.2 Å². The van der Waals surface area contributed by atoms with Crippen LogP contribution in [0.25, 0.3) is 0 Å². The van der Waals surface area contributed by atoms with Gasteiger partial charge in [0.2, 0.25) is 0 Å². The molecule has 0 aliphatic carbocycles. The van der Waals surface area contributed by atoms with Crippen LogP contribution >= 0.6 is 11.3 Å². The van der Waals surface area contributed by atoms with Gasteiger partial charge in [0.25, 0.3) is 11.8 Å². The largest absolute Gasteiger partial charge is 0.451 e. The second kappa shape index (κ2) is 9.60. The predicted octanol–water partition coefficient (Wildman–Crippen LogP) is 2.93. The lowest BCUT2D eigenvalue weighted by Crippen LogP contribution is -2.30. The highest BCUT2D eigenvalue weighted by molar-refractivity contribution is 7.17. The van der Waals surface area contributed by atoms with Crippen LogP contribution in [0, 0.1) is 10.1 Å². The smallest absolute Gasteiger partial charge is 0.349 e. The van der Waals surface area contributed by atoms with Crippen LogP contribution in [0.3, 0.4) is 0 Å². The zero-order chi connectivity index (χ0) is 20.7. The molecule has 0 saturated heterocycles. The van der Waals surface area contributed by atoms with Gasteiger partial charge in [-0.3, -0.25) is 19.7 Å². The zero-order valence-corrected chi connectivity index (χ0v) is 16.2. The van der Waals surface area contributed by atoms with E-state index in [0.29, 0.717) is 35.7 Å². The van der Waals surface area contributed by atoms with Crippen molar-refractivity contribution in [3.8, 4) is 0 Å². The van der Waals surface area contributed by atoms with Gasteiger partial charge < -0.3 is 15.0 Å². The molecule has 1 aromatic carbocycles. The Morgan fingerprint density at radius 1 is 1.18 bits per heavy atom. The molecular formula is C18H19N3O6S. The number of carbonyl (C=O) groups excluding carboxylic acids is 3. The summed E-state index contributed by atoms with van der Waals surface area (Å²) in [5.41, 5.74) is 0.829. The van der Waals surface area contributed by atoms with Crippen LogP contribution in [-0.2, 0) is 9.53 Å². The summed E-state index contributed by atoms with van der Waals surface area (Å²) in [5.74, 6) is -1.56. The Morgan fingerprint density at radius 3 is 2.50 bits per heavy atom. The maximum Gasteiger partial charge on any atom is 0.349 e. The standard InChI is InChI=1S/C18H19N3O6S/c1-3-20(4-2)17(23)12-6-5-7-13(10-12)19-15(22)11-27-18(24)14-8-9-16(28-14)21(25)26/h5-10H,3-4,11H2,1-2H3,(H,19,22). The number of rotatable bonds is 8. The molecule has 0 bridgehead atoms. The van der Waals surface area contributed by atoms with Gasteiger partial charge in [-0.05, 0) is 38.1 Å². The first-order valence-electron chi connectivity index (χ1n) is 8.46. The summed E-state index contributed by atoms with van der Waals surface area (Å²) in [4.78, 5) is 47.9. The molecule has 0 unspecified atom stereocenters. The average molecular weight is 405 g/mol. The number of benzene rings is 1. The van der Waals surface area contributed by atoms with Crippen molar-refractivity contribution in [3.63, 3.8) is 0 Å². The van der Waals surface area contributed by atoms with Gasteiger partial charge >= 0.3 is 11.0 Å². The second-order valence-corrected chi connectivity index (χ2v) is 6.64. The molecule has 2 aromatic rings. The first-order chi connectivity index (χ1) is 13.3.